The van der Waals surface area contributed by atoms with Gasteiger partial charge in [-0.05, 0) is 0 Å². The SMILES string of the molecule is SC(Cl)OCCCl. The first kappa shape index (κ1) is 7.89. The van der Waals surface area contributed by atoms with E-state index in [2.05, 4.69) is 17.4 Å². The highest BCUT2D eigenvalue weighted by Crippen LogP contribution is 2.01. The van der Waals surface area contributed by atoms with Gasteiger partial charge < -0.3 is 4.74 Å². The Bertz CT molecular complexity index is 41.9. The molecule has 4 heteroatoms. The minimum Gasteiger partial charge on any atom is -0.352 e. The van der Waals surface area contributed by atoms with Crippen molar-refractivity contribution in [3.05, 3.63) is 0 Å². The zero-order chi connectivity index (χ0) is 5.70. The minimum absolute atomic E-state index is 0.458. The van der Waals surface area contributed by atoms with E-state index in [0.29, 0.717) is 12.5 Å². The van der Waals surface area contributed by atoms with E-state index in [1.165, 1.54) is 0 Å². The van der Waals surface area contributed by atoms with Gasteiger partial charge in [0.1, 0.15) is 0 Å². The Morgan fingerprint density at radius 3 is 2.43 bits per heavy atom. The number of halogens is 2. The van der Waals surface area contributed by atoms with Crippen molar-refractivity contribution < 1.29 is 4.74 Å². The molecule has 0 radical (unpaired) electrons. The molecular weight excluding hydrogens is 155 g/mol. The van der Waals surface area contributed by atoms with E-state index in [-0.39, 0.29) is 0 Å². The van der Waals surface area contributed by atoms with Gasteiger partial charge in [-0.3, -0.25) is 0 Å². The van der Waals surface area contributed by atoms with Gasteiger partial charge in [0, 0.05) is 5.88 Å². The third kappa shape index (κ3) is 6.89. The van der Waals surface area contributed by atoms with Crippen LogP contribution in [0.3, 0.4) is 0 Å². The van der Waals surface area contributed by atoms with E-state index < -0.39 is 4.90 Å². The van der Waals surface area contributed by atoms with Crippen molar-refractivity contribution in [2.75, 3.05) is 12.5 Å². The quantitative estimate of drug-likeness (QED) is 0.376. The van der Waals surface area contributed by atoms with Crippen LogP contribution in [0.2, 0.25) is 0 Å². The van der Waals surface area contributed by atoms with Crippen molar-refractivity contribution in [1.82, 2.24) is 0 Å². The summed E-state index contributed by atoms with van der Waals surface area (Å²) in [7, 11) is 0. The van der Waals surface area contributed by atoms with E-state index in [1.54, 1.807) is 0 Å². The first-order chi connectivity index (χ1) is 3.27. The predicted molar refractivity (Wildman–Crippen MR) is 35.3 cm³/mol. The smallest absolute Gasteiger partial charge is 0.175 e. The summed E-state index contributed by atoms with van der Waals surface area (Å²) in [5.74, 6) is 0.462. The molecule has 0 amide bonds. The fourth-order valence-corrected chi connectivity index (χ4v) is 0.425. The summed E-state index contributed by atoms with van der Waals surface area (Å²) >= 11 is 14.2. The lowest BCUT2D eigenvalue weighted by Crippen LogP contribution is -1.98. The highest BCUT2D eigenvalue weighted by Gasteiger charge is 1.91. The van der Waals surface area contributed by atoms with Crippen LogP contribution >= 0.6 is 35.8 Å². The van der Waals surface area contributed by atoms with Gasteiger partial charge in [0.15, 0.2) is 4.90 Å². The third-order valence-electron chi connectivity index (χ3n) is 0.333. The Labute approximate surface area is 58.3 Å². The van der Waals surface area contributed by atoms with E-state index in [4.69, 9.17) is 23.2 Å². The van der Waals surface area contributed by atoms with Crippen LogP contribution in [0.5, 0.6) is 0 Å². The van der Waals surface area contributed by atoms with E-state index >= 15 is 0 Å². The molecule has 0 aliphatic heterocycles. The number of hydrogen-bond acceptors (Lipinski definition) is 2. The van der Waals surface area contributed by atoms with Crippen LogP contribution in [-0.2, 0) is 4.74 Å². The highest BCUT2D eigenvalue weighted by atomic mass is 35.5. The van der Waals surface area contributed by atoms with Crippen molar-refractivity contribution in [2.45, 2.75) is 4.90 Å². The zero-order valence-corrected chi connectivity index (χ0v) is 6.01. The lowest BCUT2D eigenvalue weighted by molar-refractivity contribution is 0.177. The van der Waals surface area contributed by atoms with Gasteiger partial charge >= 0.3 is 0 Å². The molecule has 0 rings (SSSR count). The summed E-state index contributed by atoms with van der Waals surface area (Å²) in [6, 6.07) is 0. The van der Waals surface area contributed by atoms with Gasteiger partial charge in [-0.25, -0.2) is 0 Å². The van der Waals surface area contributed by atoms with Crippen LogP contribution in [0.25, 0.3) is 0 Å². The van der Waals surface area contributed by atoms with Crippen molar-refractivity contribution in [1.29, 1.82) is 0 Å². The maximum atomic E-state index is 5.24. The summed E-state index contributed by atoms with van der Waals surface area (Å²) in [5.41, 5.74) is 0. The Kier molecular flexibility index (Phi) is 5.68. The van der Waals surface area contributed by atoms with Crippen molar-refractivity contribution in [3.63, 3.8) is 0 Å². The first-order valence-corrected chi connectivity index (χ1v) is 3.26. The summed E-state index contributed by atoms with van der Waals surface area (Å²) < 4.78 is 4.69. The van der Waals surface area contributed by atoms with Crippen LogP contribution in [-0.4, -0.2) is 17.4 Å². The Morgan fingerprint density at radius 1 is 1.71 bits per heavy atom. The normalized spacial score (nSPS) is 14.1. The highest BCUT2D eigenvalue weighted by molar-refractivity contribution is 7.82. The van der Waals surface area contributed by atoms with E-state index in [1.807, 2.05) is 0 Å². The van der Waals surface area contributed by atoms with Gasteiger partial charge in [-0.15, -0.1) is 24.2 Å². The topological polar surface area (TPSA) is 9.23 Å². The maximum absolute atomic E-state index is 5.24. The summed E-state index contributed by atoms with van der Waals surface area (Å²) in [6.07, 6.45) is 0. The minimum atomic E-state index is -0.515. The molecule has 0 bridgehead atoms. The molecule has 1 atom stereocenters. The molecule has 7 heavy (non-hydrogen) atoms. The summed E-state index contributed by atoms with van der Waals surface area (Å²) in [4.78, 5) is -0.515. The average molecular weight is 161 g/mol. The monoisotopic (exact) mass is 160 g/mol. The number of alkyl halides is 2. The van der Waals surface area contributed by atoms with Gasteiger partial charge in [0.25, 0.3) is 0 Å². The van der Waals surface area contributed by atoms with Crippen LogP contribution in [0.15, 0.2) is 0 Å². The fraction of sp³-hybridized carbons (Fsp3) is 1.00. The van der Waals surface area contributed by atoms with Crippen molar-refractivity contribution >= 4 is 35.8 Å². The summed E-state index contributed by atoms with van der Waals surface area (Å²) in [5, 5.41) is 0. The second-order valence-electron chi connectivity index (χ2n) is 0.852. The molecule has 0 aliphatic rings. The third-order valence-corrected chi connectivity index (χ3v) is 0.762. The molecule has 0 saturated carbocycles. The Balaban J connectivity index is 2.68. The van der Waals surface area contributed by atoms with E-state index in [0.717, 1.165) is 0 Å². The second-order valence-corrected chi connectivity index (χ2v) is 2.40. The molecule has 0 aromatic rings. The van der Waals surface area contributed by atoms with Crippen molar-refractivity contribution in [2.24, 2.45) is 0 Å². The standard InChI is InChI=1S/C3H6Cl2OS/c4-1-2-6-3(5)7/h3,7H,1-2H2. The number of hydrogen-bond donors (Lipinski definition) is 1. The Morgan fingerprint density at radius 2 is 2.29 bits per heavy atom. The molecular formula is C3H6Cl2OS. The number of thiol groups is 1. The van der Waals surface area contributed by atoms with Gasteiger partial charge in [0.2, 0.25) is 0 Å². The molecule has 1 nitrogen and oxygen atoms in total. The first-order valence-electron chi connectivity index (χ1n) is 1.77. The zero-order valence-electron chi connectivity index (χ0n) is 3.60. The number of rotatable bonds is 3. The Hall–Kier alpha value is 0.890. The van der Waals surface area contributed by atoms with Gasteiger partial charge in [-0.1, -0.05) is 11.6 Å². The largest absolute Gasteiger partial charge is 0.352 e. The molecule has 0 aromatic carbocycles. The molecule has 1 unspecified atom stereocenters. The second kappa shape index (κ2) is 5.04. The lowest BCUT2D eigenvalue weighted by atomic mass is 10.9. The molecule has 0 aromatic heterocycles. The molecule has 0 N–H and O–H groups in total. The van der Waals surface area contributed by atoms with Crippen LogP contribution in [0.1, 0.15) is 0 Å². The van der Waals surface area contributed by atoms with Crippen LogP contribution < -0.4 is 0 Å². The van der Waals surface area contributed by atoms with Crippen molar-refractivity contribution in [3.8, 4) is 0 Å². The summed E-state index contributed by atoms with van der Waals surface area (Å²) in [6.45, 7) is 0.458. The molecule has 0 saturated heterocycles. The van der Waals surface area contributed by atoms with E-state index in [9.17, 15) is 0 Å². The maximum Gasteiger partial charge on any atom is 0.175 e. The van der Waals surface area contributed by atoms with Crippen LogP contribution in [0, 0.1) is 0 Å². The lowest BCUT2D eigenvalue weighted by Gasteiger charge is -1.99. The molecule has 0 fully saturated rings. The van der Waals surface area contributed by atoms with Crippen LogP contribution in [0.4, 0.5) is 0 Å². The molecule has 44 valence electrons. The number of ether oxygens (including phenoxy) is 1. The average Bonchev–Trinajstić information content (AvgIpc) is 1.61. The molecule has 0 aliphatic carbocycles. The molecule has 0 heterocycles. The van der Waals surface area contributed by atoms with Gasteiger partial charge in [0.05, 0.1) is 6.61 Å². The van der Waals surface area contributed by atoms with Gasteiger partial charge in [-0.2, -0.15) is 0 Å². The molecule has 0 spiro atoms. The predicted octanol–water partition coefficient (Wildman–Crippen LogP) is 1.69. The fourth-order valence-electron chi connectivity index (χ4n) is 0.142.